The van der Waals surface area contributed by atoms with Crippen LogP contribution in [0.25, 0.3) is 0 Å². The summed E-state index contributed by atoms with van der Waals surface area (Å²) >= 11 is 3.36. The standard InChI is InChI=1S/C28H30BrN3O6/c1-2-36-25(15-16-26(34)32-24-6-4-3-5-23(24)30)27(19-7-13-22(14-8-19)37-18-17-33)38-28(35)31-21-11-9-20(29)10-12-21/h3-16,25,27,33H,2,17-18,30H2,1H3,(H,31,35)(H,32,34)/b16-15+/t25-,27-/m0/s1. The Bertz CT molecular complexity index is 1220. The zero-order chi connectivity index (χ0) is 27.3. The summed E-state index contributed by atoms with van der Waals surface area (Å²) in [7, 11) is 0. The molecule has 2 atom stereocenters. The van der Waals surface area contributed by atoms with E-state index >= 15 is 0 Å². The number of nitrogens with one attached hydrogen (secondary N) is 2. The second kappa shape index (κ2) is 14.8. The molecule has 0 saturated heterocycles. The minimum Gasteiger partial charge on any atom is -0.491 e. The SMILES string of the molecule is CCO[C@@H](/C=C/C(=O)Nc1ccccc1N)[C@@H](OC(=O)Nc1ccc(Br)cc1)c1ccc(OCCO)cc1. The number of aliphatic hydroxyl groups excluding tert-OH is 1. The summed E-state index contributed by atoms with van der Waals surface area (Å²) in [6, 6.07) is 20.8. The molecule has 38 heavy (non-hydrogen) atoms. The van der Waals surface area contributed by atoms with Gasteiger partial charge < -0.3 is 30.4 Å². The highest BCUT2D eigenvalue weighted by molar-refractivity contribution is 9.10. The summed E-state index contributed by atoms with van der Waals surface area (Å²) in [5.41, 5.74) is 7.99. The van der Waals surface area contributed by atoms with Crippen LogP contribution >= 0.6 is 15.9 Å². The monoisotopic (exact) mass is 583 g/mol. The first-order valence-corrected chi connectivity index (χ1v) is 12.7. The van der Waals surface area contributed by atoms with E-state index in [1.165, 1.54) is 12.2 Å². The molecule has 3 aromatic carbocycles. The molecule has 10 heteroatoms. The van der Waals surface area contributed by atoms with Crippen LogP contribution in [0.3, 0.4) is 0 Å². The molecule has 0 aliphatic carbocycles. The van der Waals surface area contributed by atoms with Crippen LogP contribution in [0.4, 0.5) is 21.9 Å². The smallest absolute Gasteiger partial charge is 0.412 e. The molecule has 3 rings (SSSR count). The van der Waals surface area contributed by atoms with Crippen LogP contribution in [-0.4, -0.2) is 43.0 Å². The van der Waals surface area contributed by atoms with Crippen LogP contribution in [0.5, 0.6) is 5.75 Å². The zero-order valence-electron chi connectivity index (χ0n) is 20.8. The van der Waals surface area contributed by atoms with Gasteiger partial charge >= 0.3 is 6.09 Å². The van der Waals surface area contributed by atoms with E-state index in [-0.39, 0.29) is 13.2 Å². The Morgan fingerprint density at radius 2 is 1.74 bits per heavy atom. The third kappa shape index (κ3) is 8.91. The van der Waals surface area contributed by atoms with Gasteiger partial charge in [0, 0.05) is 22.8 Å². The minimum absolute atomic E-state index is 0.113. The largest absolute Gasteiger partial charge is 0.491 e. The second-order valence-electron chi connectivity index (χ2n) is 7.95. The Morgan fingerprint density at radius 1 is 1.03 bits per heavy atom. The molecule has 5 N–H and O–H groups in total. The number of ether oxygens (including phenoxy) is 3. The van der Waals surface area contributed by atoms with Gasteiger partial charge in [0.2, 0.25) is 5.91 Å². The van der Waals surface area contributed by atoms with Crippen molar-refractivity contribution in [3.8, 4) is 5.75 Å². The number of para-hydroxylation sites is 2. The minimum atomic E-state index is -0.900. The highest BCUT2D eigenvalue weighted by Gasteiger charge is 2.26. The lowest BCUT2D eigenvalue weighted by molar-refractivity contribution is -0.112. The van der Waals surface area contributed by atoms with Crippen LogP contribution in [0, 0.1) is 0 Å². The summed E-state index contributed by atoms with van der Waals surface area (Å²) in [6.45, 7) is 2.14. The first-order valence-electron chi connectivity index (χ1n) is 11.9. The van der Waals surface area contributed by atoms with Crippen LogP contribution in [0.1, 0.15) is 18.6 Å². The fraction of sp³-hybridized carbons (Fsp3) is 0.214. The van der Waals surface area contributed by atoms with E-state index in [0.717, 1.165) is 4.47 Å². The number of nitrogens with two attached hydrogens (primary N) is 1. The van der Waals surface area contributed by atoms with Gasteiger partial charge in [-0.15, -0.1) is 0 Å². The van der Waals surface area contributed by atoms with E-state index in [9.17, 15) is 9.59 Å². The highest BCUT2D eigenvalue weighted by atomic mass is 79.9. The molecular formula is C28H30BrN3O6. The molecule has 0 aromatic heterocycles. The number of hydrogen-bond acceptors (Lipinski definition) is 7. The maximum atomic E-state index is 12.8. The fourth-order valence-corrected chi connectivity index (χ4v) is 3.71. The number of anilines is 3. The van der Waals surface area contributed by atoms with Crippen molar-refractivity contribution in [1.29, 1.82) is 0 Å². The number of aliphatic hydroxyl groups is 1. The average molecular weight is 584 g/mol. The van der Waals surface area contributed by atoms with Gasteiger partial charge in [0.1, 0.15) is 18.5 Å². The number of hydrogen-bond donors (Lipinski definition) is 4. The molecule has 0 radical (unpaired) electrons. The maximum Gasteiger partial charge on any atom is 0.412 e. The molecule has 0 aliphatic rings. The molecule has 3 aromatic rings. The third-order valence-corrected chi connectivity index (χ3v) is 5.74. The summed E-state index contributed by atoms with van der Waals surface area (Å²) < 4.78 is 18.0. The summed E-state index contributed by atoms with van der Waals surface area (Å²) in [5.74, 6) is 0.127. The predicted molar refractivity (Wildman–Crippen MR) is 150 cm³/mol. The van der Waals surface area contributed by atoms with E-state index in [1.807, 2.05) is 0 Å². The predicted octanol–water partition coefficient (Wildman–Crippen LogP) is 5.29. The quantitative estimate of drug-likeness (QED) is 0.168. The van der Waals surface area contributed by atoms with E-state index in [2.05, 4.69) is 26.6 Å². The van der Waals surface area contributed by atoms with E-state index in [1.54, 1.807) is 79.7 Å². The van der Waals surface area contributed by atoms with Gasteiger partial charge in [-0.05, 0) is 67.1 Å². The zero-order valence-corrected chi connectivity index (χ0v) is 22.4. The highest BCUT2D eigenvalue weighted by Crippen LogP contribution is 2.28. The summed E-state index contributed by atoms with van der Waals surface area (Å²) in [4.78, 5) is 25.4. The molecule has 0 bridgehead atoms. The van der Waals surface area contributed by atoms with E-state index in [4.69, 9.17) is 25.1 Å². The van der Waals surface area contributed by atoms with Gasteiger partial charge in [-0.2, -0.15) is 0 Å². The van der Waals surface area contributed by atoms with Gasteiger partial charge in [-0.3, -0.25) is 10.1 Å². The number of rotatable bonds is 12. The van der Waals surface area contributed by atoms with Gasteiger partial charge in [0.05, 0.1) is 18.0 Å². The van der Waals surface area contributed by atoms with Crippen molar-refractivity contribution in [3.63, 3.8) is 0 Å². The number of nitrogen functional groups attached to an aromatic ring is 1. The lowest BCUT2D eigenvalue weighted by Gasteiger charge is -2.25. The summed E-state index contributed by atoms with van der Waals surface area (Å²) in [5, 5.41) is 14.4. The topological polar surface area (TPSA) is 132 Å². The second-order valence-corrected chi connectivity index (χ2v) is 8.87. The fourth-order valence-electron chi connectivity index (χ4n) is 3.44. The Kier molecular flexibility index (Phi) is 11.2. The van der Waals surface area contributed by atoms with Crippen molar-refractivity contribution < 1.29 is 28.9 Å². The van der Waals surface area contributed by atoms with Crippen LogP contribution in [0.15, 0.2) is 89.4 Å². The molecule has 0 saturated carbocycles. The molecule has 0 aliphatic heterocycles. The van der Waals surface area contributed by atoms with Crippen molar-refractivity contribution in [2.75, 3.05) is 36.2 Å². The van der Waals surface area contributed by atoms with Crippen LogP contribution in [0.2, 0.25) is 0 Å². The van der Waals surface area contributed by atoms with Gasteiger partial charge in [0.15, 0.2) is 6.10 Å². The first kappa shape index (κ1) is 28.7. The molecule has 0 unspecified atom stereocenters. The van der Waals surface area contributed by atoms with E-state index < -0.39 is 24.2 Å². The Morgan fingerprint density at radius 3 is 2.39 bits per heavy atom. The summed E-state index contributed by atoms with van der Waals surface area (Å²) in [6.07, 6.45) is 0.458. The van der Waals surface area contributed by atoms with Crippen molar-refractivity contribution in [1.82, 2.24) is 0 Å². The number of amides is 2. The third-order valence-electron chi connectivity index (χ3n) is 5.21. The van der Waals surface area contributed by atoms with Gasteiger partial charge in [-0.25, -0.2) is 4.79 Å². The number of benzene rings is 3. The Hall–Kier alpha value is -3.86. The van der Waals surface area contributed by atoms with Crippen molar-refractivity contribution >= 4 is 45.0 Å². The lowest BCUT2D eigenvalue weighted by Crippen LogP contribution is -2.28. The molecule has 0 fully saturated rings. The van der Waals surface area contributed by atoms with Crippen LogP contribution < -0.4 is 21.1 Å². The molecular weight excluding hydrogens is 554 g/mol. The lowest BCUT2D eigenvalue weighted by atomic mass is 10.0. The molecule has 0 spiro atoms. The van der Waals surface area contributed by atoms with E-state index in [0.29, 0.717) is 35.0 Å². The Labute approximate surface area is 229 Å². The maximum absolute atomic E-state index is 12.8. The average Bonchev–Trinajstić information content (AvgIpc) is 2.91. The molecule has 2 amide bonds. The molecule has 9 nitrogen and oxygen atoms in total. The van der Waals surface area contributed by atoms with Crippen molar-refractivity contribution in [2.24, 2.45) is 0 Å². The Balaban J connectivity index is 1.82. The normalized spacial score (nSPS) is 12.5. The van der Waals surface area contributed by atoms with Gasteiger partial charge in [-0.1, -0.05) is 40.2 Å². The number of halogens is 1. The molecule has 200 valence electrons. The van der Waals surface area contributed by atoms with Crippen molar-refractivity contribution in [3.05, 3.63) is 95.0 Å². The molecule has 0 heterocycles. The number of carbonyl (C=O) groups is 2. The van der Waals surface area contributed by atoms with Gasteiger partial charge in [0.25, 0.3) is 0 Å². The number of carbonyl (C=O) groups excluding carboxylic acids is 2. The van der Waals surface area contributed by atoms with Crippen LogP contribution in [-0.2, 0) is 14.3 Å². The first-order chi connectivity index (χ1) is 18.4. The van der Waals surface area contributed by atoms with Crippen molar-refractivity contribution in [2.45, 2.75) is 19.1 Å².